The van der Waals surface area contributed by atoms with E-state index >= 15 is 0 Å². The normalized spacial score (nSPS) is 21.6. The molecule has 3 N–H and O–H groups in total. The zero-order valence-corrected chi connectivity index (χ0v) is 11.8. The molecule has 114 valence electrons. The van der Waals surface area contributed by atoms with Gasteiger partial charge in [-0.05, 0) is 25.0 Å². The first-order valence-electron chi connectivity index (χ1n) is 6.98. The van der Waals surface area contributed by atoms with Crippen molar-refractivity contribution in [3.63, 3.8) is 0 Å². The van der Waals surface area contributed by atoms with Gasteiger partial charge >= 0.3 is 0 Å². The molecule has 0 radical (unpaired) electrons. The van der Waals surface area contributed by atoms with E-state index in [0.29, 0.717) is 12.1 Å². The Morgan fingerprint density at radius 2 is 2.10 bits per heavy atom. The monoisotopic (exact) mass is 293 g/mol. The number of hydrogen-bond donors (Lipinski definition) is 3. The quantitative estimate of drug-likeness (QED) is 0.578. The van der Waals surface area contributed by atoms with Gasteiger partial charge in [-0.2, -0.15) is 0 Å². The molecule has 0 unspecified atom stereocenters. The van der Waals surface area contributed by atoms with Crippen LogP contribution in [0, 0.1) is 10.1 Å². The summed E-state index contributed by atoms with van der Waals surface area (Å²) in [6.07, 6.45) is 2.92. The number of aliphatic hydroxyl groups is 1. The van der Waals surface area contributed by atoms with Gasteiger partial charge in [0.1, 0.15) is 5.69 Å². The van der Waals surface area contributed by atoms with Crippen molar-refractivity contribution >= 4 is 17.3 Å². The second kappa shape index (κ2) is 6.53. The van der Waals surface area contributed by atoms with Crippen LogP contribution >= 0.6 is 0 Å². The number of carbonyl (C=O) groups is 1. The summed E-state index contributed by atoms with van der Waals surface area (Å²) >= 11 is 0. The number of amides is 1. The van der Waals surface area contributed by atoms with Gasteiger partial charge in [0.15, 0.2) is 0 Å². The summed E-state index contributed by atoms with van der Waals surface area (Å²) < 4.78 is 0. The third-order valence-corrected chi connectivity index (χ3v) is 3.75. The summed E-state index contributed by atoms with van der Waals surface area (Å²) in [6, 6.07) is 4.10. The highest BCUT2D eigenvalue weighted by molar-refractivity contribution is 5.95. The molecule has 7 nitrogen and oxygen atoms in total. The van der Waals surface area contributed by atoms with E-state index in [4.69, 9.17) is 0 Å². The van der Waals surface area contributed by atoms with E-state index in [1.165, 1.54) is 25.2 Å². The lowest BCUT2D eigenvalue weighted by atomic mass is 9.92. The van der Waals surface area contributed by atoms with Gasteiger partial charge in [0, 0.05) is 18.7 Å². The van der Waals surface area contributed by atoms with Gasteiger partial charge < -0.3 is 15.7 Å². The molecule has 0 aromatic heterocycles. The van der Waals surface area contributed by atoms with Crippen LogP contribution in [0.4, 0.5) is 11.4 Å². The molecular weight excluding hydrogens is 274 g/mol. The first kappa shape index (κ1) is 15.2. The molecule has 1 aliphatic rings. The fourth-order valence-electron chi connectivity index (χ4n) is 2.57. The van der Waals surface area contributed by atoms with Crippen molar-refractivity contribution < 1.29 is 14.8 Å². The predicted molar refractivity (Wildman–Crippen MR) is 78.4 cm³/mol. The van der Waals surface area contributed by atoms with Crippen LogP contribution < -0.4 is 10.6 Å². The van der Waals surface area contributed by atoms with Crippen LogP contribution in [-0.2, 0) is 0 Å². The van der Waals surface area contributed by atoms with E-state index in [1.54, 1.807) is 0 Å². The summed E-state index contributed by atoms with van der Waals surface area (Å²) in [6.45, 7) is 0. The van der Waals surface area contributed by atoms with Crippen LogP contribution in [-0.4, -0.2) is 35.1 Å². The van der Waals surface area contributed by atoms with Crippen molar-refractivity contribution in [1.29, 1.82) is 0 Å². The molecule has 1 amide bonds. The highest BCUT2D eigenvalue weighted by Crippen LogP contribution is 2.29. The molecule has 1 saturated carbocycles. The lowest BCUT2D eigenvalue weighted by Crippen LogP contribution is -2.36. The minimum absolute atomic E-state index is 0.158. The number of rotatable bonds is 4. The van der Waals surface area contributed by atoms with Crippen LogP contribution in [0.3, 0.4) is 0 Å². The number of hydrogen-bond acceptors (Lipinski definition) is 5. The second-order valence-electron chi connectivity index (χ2n) is 5.17. The van der Waals surface area contributed by atoms with Crippen molar-refractivity contribution in [1.82, 2.24) is 5.32 Å². The fourth-order valence-corrected chi connectivity index (χ4v) is 2.57. The number of nitrogens with one attached hydrogen (secondary N) is 2. The maximum atomic E-state index is 11.5. The maximum absolute atomic E-state index is 11.5. The third-order valence-electron chi connectivity index (χ3n) is 3.75. The highest BCUT2D eigenvalue weighted by atomic mass is 16.6. The van der Waals surface area contributed by atoms with Crippen LogP contribution in [0.2, 0.25) is 0 Å². The van der Waals surface area contributed by atoms with E-state index in [1.807, 2.05) is 0 Å². The van der Waals surface area contributed by atoms with Gasteiger partial charge in [-0.15, -0.1) is 0 Å². The lowest BCUT2D eigenvalue weighted by Gasteiger charge is -2.29. The van der Waals surface area contributed by atoms with Gasteiger partial charge in [-0.1, -0.05) is 12.8 Å². The average molecular weight is 293 g/mol. The molecule has 1 aliphatic carbocycles. The van der Waals surface area contributed by atoms with E-state index in [-0.39, 0.29) is 23.2 Å². The molecule has 0 spiro atoms. The minimum atomic E-state index is -0.524. The van der Waals surface area contributed by atoms with Crippen LogP contribution in [0.5, 0.6) is 0 Å². The number of nitro benzene ring substituents is 1. The second-order valence-corrected chi connectivity index (χ2v) is 5.17. The van der Waals surface area contributed by atoms with E-state index in [9.17, 15) is 20.0 Å². The standard InChI is InChI=1S/C14H19N3O4/c1-15-14(19)9-6-7-10(12(8-9)17(20)21)16-11-4-2-3-5-13(11)18/h6-8,11,13,16,18H,2-5H2,1H3,(H,15,19)/t11-,13-/m0/s1. The number of nitro groups is 1. The predicted octanol–water partition coefficient (Wildman–Crippen LogP) is 1.67. The average Bonchev–Trinajstić information content (AvgIpc) is 2.49. The lowest BCUT2D eigenvalue weighted by molar-refractivity contribution is -0.384. The Bertz CT molecular complexity index is 547. The number of aliphatic hydroxyl groups excluding tert-OH is 1. The van der Waals surface area contributed by atoms with Crippen LogP contribution in [0.15, 0.2) is 18.2 Å². The molecule has 7 heteroatoms. The van der Waals surface area contributed by atoms with Gasteiger partial charge in [0.05, 0.1) is 17.1 Å². The van der Waals surface area contributed by atoms with Crippen LogP contribution in [0.1, 0.15) is 36.0 Å². The zero-order valence-electron chi connectivity index (χ0n) is 11.8. The number of benzene rings is 1. The molecule has 0 heterocycles. The molecule has 1 aromatic rings. The maximum Gasteiger partial charge on any atom is 0.293 e. The van der Waals surface area contributed by atoms with Gasteiger partial charge in [-0.25, -0.2) is 0 Å². The van der Waals surface area contributed by atoms with Gasteiger partial charge in [0.2, 0.25) is 0 Å². The van der Waals surface area contributed by atoms with Crippen LogP contribution in [0.25, 0.3) is 0 Å². The third kappa shape index (κ3) is 3.49. The first-order valence-corrected chi connectivity index (χ1v) is 6.98. The first-order chi connectivity index (χ1) is 10.0. The Morgan fingerprint density at radius 1 is 1.38 bits per heavy atom. The zero-order chi connectivity index (χ0) is 15.4. The van der Waals surface area contributed by atoms with Crippen molar-refractivity contribution in [2.45, 2.75) is 37.8 Å². The van der Waals surface area contributed by atoms with Crippen molar-refractivity contribution in [3.8, 4) is 0 Å². The Kier molecular flexibility index (Phi) is 4.74. The van der Waals surface area contributed by atoms with Gasteiger partial charge in [0.25, 0.3) is 11.6 Å². The Hall–Kier alpha value is -2.15. The Labute approximate surface area is 122 Å². The summed E-state index contributed by atoms with van der Waals surface area (Å²) in [4.78, 5) is 22.2. The van der Waals surface area contributed by atoms with Gasteiger partial charge in [-0.3, -0.25) is 14.9 Å². The largest absolute Gasteiger partial charge is 0.391 e. The molecule has 0 saturated heterocycles. The number of nitrogens with zero attached hydrogens (tertiary/aromatic N) is 1. The minimum Gasteiger partial charge on any atom is -0.391 e. The highest BCUT2D eigenvalue weighted by Gasteiger charge is 2.26. The summed E-state index contributed by atoms with van der Waals surface area (Å²) in [5.41, 5.74) is 0.409. The Balaban J connectivity index is 2.26. The summed E-state index contributed by atoms with van der Waals surface area (Å²) in [5.74, 6) is -0.373. The molecule has 2 atom stereocenters. The Morgan fingerprint density at radius 3 is 2.71 bits per heavy atom. The molecular formula is C14H19N3O4. The molecule has 1 fully saturated rings. The van der Waals surface area contributed by atoms with Crippen molar-refractivity contribution in [2.24, 2.45) is 0 Å². The smallest absolute Gasteiger partial charge is 0.293 e. The summed E-state index contributed by atoms with van der Waals surface area (Å²) in [5, 5.41) is 26.6. The molecule has 21 heavy (non-hydrogen) atoms. The number of anilines is 1. The van der Waals surface area contributed by atoms with E-state index < -0.39 is 11.0 Å². The van der Waals surface area contributed by atoms with E-state index in [0.717, 1.165) is 19.3 Å². The fraction of sp³-hybridized carbons (Fsp3) is 0.500. The van der Waals surface area contributed by atoms with Crippen molar-refractivity contribution in [2.75, 3.05) is 12.4 Å². The number of carbonyl (C=O) groups excluding carboxylic acids is 1. The van der Waals surface area contributed by atoms with E-state index in [2.05, 4.69) is 10.6 Å². The topological polar surface area (TPSA) is 104 Å². The molecule has 0 aliphatic heterocycles. The molecule has 0 bridgehead atoms. The SMILES string of the molecule is CNC(=O)c1ccc(N[C@H]2CCCC[C@@H]2O)c([N+](=O)[O-])c1. The van der Waals surface area contributed by atoms with Crippen molar-refractivity contribution in [3.05, 3.63) is 33.9 Å². The molecule has 1 aromatic carbocycles. The summed E-state index contributed by atoms with van der Waals surface area (Å²) in [7, 11) is 1.47. The molecule has 2 rings (SSSR count).